The maximum Gasteiger partial charge on any atom is 0.239 e. The Bertz CT molecular complexity index is 309. The van der Waals surface area contributed by atoms with E-state index in [1.54, 1.807) is 0 Å². The van der Waals surface area contributed by atoms with Crippen molar-refractivity contribution in [1.29, 1.82) is 0 Å². The average Bonchev–Trinajstić information content (AvgIpc) is 2.71. The third kappa shape index (κ3) is 4.29. The Morgan fingerprint density at radius 3 is 2.33 bits per heavy atom. The predicted molar refractivity (Wildman–Crippen MR) is 70.8 cm³/mol. The normalized spacial score (nSPS) is 19.6. The van der Waals surface area contributed by atoms with Crippen LogP contribution in [0.4, 0.5) is 0 Å². The lowest BCUT2D eigenvalue weighted by atomic mass is 10.0. The zero-order chi connectivity index (χ0) is 13.8. The van der Waals surface area contributed by atoms with Crippen LogP contribution in [0.1, 0.15) is 46.5 Å². The van der Waals surface area contributed by atoms with Crippen molar-refractivity contribution >= 4 is 11.8 Å². The zero-order valence-electron chi connectivity index (χ0n) is 11.6. The van der Waals surface area contributed by atoms with E-state index in [2.05, 4.69) is 17.6 Å². The first-order valence-electron chi connectivity index (χ1n) is 6.68. The highest BCUT2D eigenvalue weighted by Crippen LogP contribution is 2.28. The van der Waals surface area contributed by atoms with Gasteiger partial charge in [-0.25, -0.2) is 0 Å². The van der Waals surface area contributed by atoms with Gasteiger partial charge in [0.05, 0.1) is 12.6 Å². The van der Waals surface area contributed by atoms with Crippen LogP contribution in [0.2, 0.25) is 0 Å². The predicted octanol–water partition coefficient (Wildman–Crippen LogP) is 0.535. The maximum atomic E-state index is 11.7. The van der Waals surface area contributed by atoms with E-state index >= 15 is 0 Å². The molecule has 5 nitrogen and oxygen atoms in total. The third-order valence-corrected chi connectivity index (χ3v) is 3.59. The van der Waals surface area contributed by atoms with Crippen LogP contribution in [-0.2, 0) is 9.59 Å². The minimum absolute atomic E-state index is 0.00877. The average molecular weight is 255 g/mol. The molecule has 0 saturated heterocycles. The summed E-state index contributed by atoms with van der Waals surface area (Å²) in [5.74, 6) is -0.333. The van der Waals surface area contributed by atoms with Crippen LogP contribution in [0.3, 0.4) is 0 Å². The molecule has 0 spiro atoms. The smallest absolute Gasteiger partial charge is 0.239 e. The van der Waals surface area contributed by atoms with Gasteiger partial charge in [-0.1, -0.05) is 26.7 Å². The van der Waals surface area contributed by atoms with Gasteiger partial charge in [0, 0.05) is 5.54 Å². The van der Waals surface area contributed by atoms with Gasteiger partial charge in [-0.3, -0.25) is 9.59 Å². The van der Waals surface area contributed by atoms with Gasteiger partial charge in [0.1, 0.15) is 0 Å². The van der Waals surface area contributed by atoms with Crippen LogP contribution in [0.5, 0.6) is 0 Å². The van der Waals surface area contributed by atoms with E-state index in [1.165, 1.54) is 0 Å². The number of carbonyl (C=O) groups is 2. The molecule has 1 rings (SSSR count). The Morgan fingerprint density at radius 2 is 1.83 bits per heavy atom. The molecule has 0 heterocycles. The summed E-state index contributed by atoms with van der Waals surface area (Å²) in [6.45, 7) is 5.82. The summed E-state index contributed by atoms with van der Waals surface area (Å²) in [5.41, 5.74) is 5.60. The molecule has 1 aliphatic rings. The molecular formula is C13H25N3O2. The summed E-state index contributed by atoms with van der Waals surface area (Å²) in [7, 11) is 0. The van der Waals surface area contributed by atoms with Crippen LogP contribution >= 0.6 is 0 Å². The summed E-state index contributed by atoms with van der Waals surface area (Å²) in [6, 6.07) is -0.556. The van der Waals surface area contributed by atoms with Gasteiger partial charge < -0.3 is 16.4 Å². The highest BCUT2D eigenvalue weighted by molar-refractivity contribution is 5.87. The highest BCUT2D eigenvalue weighted by Gasteiger charge is 2.30. The molecule has 1 atom stereocenters. The van der Waals surface area contributed by atoms with E-state index in [0.29, 0.717) is 0 Å². The molecule has 1 aliphatic carbocycles. The fourth-order valence-corrected chi connectivity index (χ4v) is 2.25. The van der Waals surface area contributed by atoms with Gasteiger partial charge >= 0.3 is 0 Å². The first-order chi connectivity index (χ1) is 8.34. The molecular weight excluding hydrogens is 230 g/mol. The van der Waals surface area contributed by atoms with Gasteiger partial charge in [-0.2, -0.15) is 0 Å². The maximum absolute atomic E-state index is 11.7. The molecule has 0 radical (unpaired) electrons. The second kappa shape index (κ2) is 6.18. The molecule has 0 aromatic carbocycles. The van der Waals surface area contributed by atoms with Gasteiger partial charge in [0.2, 0.25) is 11.8 Å². The quantitative estimate of drug-likeness (QED) is 0.670. The molecule has 0 aromatic heterocycles. The van der Waals surface area contributed by atoms with Crippen molar-refractivity contribution in [3.05, 3.63) is 0 Å². The van der Waals surface area contributed by atoms with Crippen molar-refractivity contribution in [2.45, 2.75) is 58.0 Å². The molecule has 18 heavy (non-hydrogen) atoms. The van der Waals surface area contributed by atoms with E-state index in [9.17, 15) is 9.59 Å². The Balaban J connectivity index is 2.31. The van der Waals surface area contributed by atoms with E-state index < -0.39 is 6.04 Å². The number of carbonyl (C=O) groups excluding carboxylic acids is 2. The van der Waals surface area contributed by atoms with Gasteiger partial charge in [0.15, 0.2) is 0 Å². The minimum Gasteiger partial charge on any atom is -0.349 e. The molecule has 5 heteroatoms. The van der Waals surface area contributed by atoms with E-state index in [1.807, 2.05) is 13.8 Å². The lowest BCUT2D eigenvalue weighted by Gasteiger charge is -2.25. The Hall–Kier alpha value is -1.10. The number of amides is 2. The summed E-state index contributed by atoms with van der Waals surface area (Å²) in [6.07, 6.45) is 4.33. The van der Waals surface area contributed by atoms with Crippen molar-refractivity contribution in [2.24, 2.45) is 11.7 Å². The SMILES string of the molecule is CC(C)[C@H](N)C(=O)NCC(=O)NC1(C)CCCC1. The molecule has 104 valence electrons. The monoisotopic (exact) mass is 255 g/mol. The fraction of sp³-hybridized carbons (Fsp3) is 0.846. The minimum atomic E-state index is -0.556. The first-order valence-corrected chi connectivity index (χ1v) is 6.68. The largest absolute Gasteiger partial charge is 0.349 e. The van der Waals surface area contributed by atoms with Crippen LogP contribution in [0.25, 0.3) is 0 Å². The lowest BCUT2D eigenvalue weighted by Crippen LogP contribution is -2.51. The number of nitrogens with one attached hydrogen (secondary N) is 2. The van der Waals surface area contributed by atoms with Gasteiger partial charge in [-0.05, 0) is 25.7 Å². The van der Waals surface area contributed by atoms with Crippen molar-refractivity contribution in [1.82, 2.24) is 10.6 Å². The van der Waals surface area contributed by atoms with Gasteiger partial charge in [0.25, 0.3) is 0 Å². The number of hydrogen-bond acceptors (Lipinski definition) is 3. The second-order valence-corrected chi connectivity index (χ2v) is 5.80. The van der Waals surface area contributed by atoms with E-state index in [4.69, 9.17) is 5.73 Å². The van der Waals surface area contributed by atoms with Crippen LogP contribution in [0, 0.1) is 5.92 Å². The standard InChI is InChI=1S/C13H25N3O2/c1-9(2)11(14)12(18)15-8-10(17)16-13(3)6-4-5-7-13/h9,11H,4-8,14H2,1-3H3,(H,15,18)(H,16,17)/t11-/m0/s1. The molecule has 4 N–H and O–H groups in total. The Morgan fingerprint density at radius 1 is 1.28 bits per heavy atom. The van der Waals surface area contributed by atoms with Crippen molar-refractivity contribution in [3.8, 4) is 0 Å². The Kier molecular flexibility index (Phi) is 5.14. The molecule has 0 bridgehead atoms. The molecule has 0 unspecified atom stereocenters. The molecule has 0 aliphatic heterocycles. The van der Waals surface area contributed by atoms with Crippen LogP contribution < -0.4 is 16.4 Å². The summed E-state index contributed by atoms with van der Waals surface area (Å²) in [5, 5.41) is 5.56. The highest BCUT2D eigenvalue weighted by atomic mass is 16.2. The second-order valence-electron chi connectivity index (χ2n) is 5.80. The number of rotatable bonds is 5. The zero-order valence-corrected chi connectivity index (χ0v) is 11.6. The Labute approximate surface area is 109 Å². The molecule has 1 fully saturated rings. The van der Waals surface area contributed by atoms with Crippen LogP contribution in [-0.4, -0.2) is 29.9 Å². The number of nitrogens with two attached hydrogens (primary N) is 1. The fourth-order valence-electron chi connectivity index (χ4n) is 2.25. The third-order valence-electron chi connectivity index (χ3n) is 3.59. The van der Waals surface area contributed by atoms with Crippen LogP contribution in [0.15, 0.2) is 0 Å². The van der Waals surface area contributed by atoms with E-state index in [-0.39, 0.29) is 29.8 Å². The summed E-state index contributed by atoms with van der Waals surface area (Å²) >= 11 is 0. The topological polar surface area (TPSA) is 84.2 Å². The molecule has 0 aromatic rings. The van der Waals surface area contributed by atoms with Crippen molar-refractivity contribution < 1.29 is 9.59 Å². The number of hydrogen-bond donors (Lipinski definition) is 3. The van der Waals surface area contributed by atoms with Gasteiger partial charge in [-0.15, -0.1) is 0 Å². The summed E-state index contributed by atoms with van der Waals surface area (Å²) in [4.78, 5) is 23.3. The summed E-state index contributed by atoms with van der Waals surface area (Å²) < 4.78 is 0. The lowest BCUT2D eigenvalue weighted by molar-refractivity contribution is -0.128. The molecule has 2 amide bonds. The first kappa shape index (κ1) is 15.0. The van der Waals surface area contributed by atoms with E-state index in [0.717, 1.165) is 25.7 Å². The van der Waals surface area contributed by atoms with Crippen molar-refractivity contribution in [2.75, 3.05) is 6.54 Å². The molecule has 1 saturated carbocycles. The van der Waals surface area contributed by atoms with Crippen molar-refractivity contribution in [3.63, 3.8) is 0 Å².